The minimum Gasteiger partial charge on any atom is -0.380 e. The molecule has 0 unspecified atom stereocenters. The summed E-state index contributed by atoms with van der Waals surface area (Å²) in [5.41, 5.74) is 3.98. The van der Waals surface area contributed by atoms with Gasteiger partial charge in [0, 0.05) is 11.9 Å². The molecule has 2 nitrogen and oxygen atoms in total. The second-order valence-electron chi connectivity index (χ2n) is 4.84. The third-order valence-corrected chi connectivity index (χ3v) is 3.38. The highest BCUT2D eigenvalue weighted by molar-refractivity contribution is 5.81. The highest BCUT2D eigenvalue weighted by atomic mass is 19.1. The smallest absolute Gasteiger partial charge is 0.123 e. The zero-order valence-corrected chi connectivity index (χ0v) is 11.2. The Morgan fingerprint density at radius 1 is 1.10 bits per heavy atom. The summed E-state index contributed by atoms with van der Waals surface area (Å²) in [5, 5.41) is 4.43. The summed E-state index contributed by atoms with van der Waals surface area (Å²) in [4.78, 5) is 4.41. The number of halogens is 1. The van der Waals surface area contributed by atoms with Crippen molar-refractivity contribution in [1.29, 1.82) is 0 Å². The number of nitrogens with zero attached hydrogens (tertiary/aromatic N) is 1. The molecule has 0 aliphatic carbocycles. The molecule has 0 aliphatic heterocycles. The standard InChI is InChI=1S/C17H15FN2/c1-12-8-15(18)7-6-14(12)10-19-16-9-13-4-2-3-5-17(13)20-11-16/h2-9,11,19H,10H2,1H3. The molecule has 3 rings (SSSR count). The third-order valence-electron chi connectivity index (χ3n) is 3.38. The first-order valence-corrected chi connectivity index (χ1v) is 6.56. The summed E-state index contributed by atoms with van der Waals surface area (Å²) < 4.78 is 13.1. The predicted octanol–water partition coefficient (Wildman–Crippen LogP) is 4.29. The minimum absolute atomic E-state index is 0.196. The molecule has 0 aliphatic rings. The van der Waals surface area contributed by atoms with Gasteiger partial charge in [-0.3, -0.25) is 4.98 Å². The number of pyridine rings is 1. The maximum atomic E-state index is 13.1. The SMILES string of the molecule is Cc1cc(F)ccc1CNc1cnc2ccccc2c1. The van der Waals surface area contributed by atoms with Crippen LogP contribution in [0.25, 0.3) is 10.9 Å². The fraction of sp³-hybridized carbons (Fsp3) is 0.118. The Morgan fingerprint density at radius 2 is 1.95 bits per heavy atom. The van der Waals surface area contributed by atoms with E-state index in [1.165, 1.54) is 6.07 Å². The van der Waals surface area contributed by atoms with Crippen molar-refractivity contribution in [2.75, 3.05) is 5.32 Å². The minimum atomic E-state index is -0.196. The second-order valence-corrected chi connectivity index (χ2v) is 4.84. The summed E-state index contributed by atoms with van der Waals surface area (Å²) in [5.74, 6) is -0.196. The highest BCUT2D eigenvalue weighted by Crippen LogP contribution is 2.17. The Labute approximate surface area is 117 Å². The van der Waals surface area contributed by atoms with Crippen LogP contribution in [0.4, 0.5) is 10.1 Å². The lowest BCUT2D eigenvalue weighted by Gasteiger charge is -2.09. The Morgan fingerprint density at radius 3 is 2.80 bits per heavy atom. The van der Waals surface area contributed by atoms with E-state index in [-0.39, 0.29) is 5.82 Å². The monoisotopic (exact) mass is 266 g/mol. The number of aromatic nitrogens is 1. The van der Waals surface area contributed by atoms with E-state index in [1.54, 1.807) is 6.07 Å². The molecule has 0 atom stereocenters. The van der Waals surface area contributed by atoms with Crippen molar-refractivity contribution in [3.63, 3.8) is 0 Å². The molecule has 0 bridgehead atoms. The average molecular weight is 266 g/mol. The van der Waals surface area contributed by atoms with Gasteiger partial charge in [-0.05, 0) is 42.3 Å². The molecule has 3 heteroatoms. The summed E-state index contributed by atoms with van der Waals surface area (Å²) in [7, 11) is 0. The Balaban J connectivity index is 1.79. The van der Waals surface area contributed by atoms with E-state index in [9.17, 15) is 4.39 Å². The molecule has 1 heterocycles. The summed E-state index contributed by atoms with van der Waals surface area (Å²) >= 11 is 0. The first kappa shape index (κ1) is 12.6. The number of aryl methyl sites for hydroxylation is 1. The van der Waals surface area contributed by atoms with Crippen LogP contribution < -0.4 is 5.32 Å². The lowest BCUT2D eigenvalue weighted by atomic mass is 10.1. The molecule has 2 aromatic carbocycles. The number of benzene rings is 2. The van der Waals surface area contributed by atoms with Gasteiger partial charge in [0.05, 0.1) is 17.4 Å². The van der Waals surface area contributed by atoms with Crippen LogP contribution in [0.2, 0.25) is 0 Å². The largest absolute Gasteiger partial charge is 0.380 e. The average Bonchev–Trinajstić information content (AvgIpc) is 2.46. The topological polar surface area (TPSA) is 24.9 Å². The number of rotatable bonds is 3. The van der Waals surface area contributed by atoms with Crippen LogP contribution >= 0.6 is 0 Å². The molecule has 0 saturated carbocycles. The molecule has 1 N–H and O–H groups in total. The van der Waals surface area contributed by atoms with Gasteiger partial charge in [-0.15, -0.1) is 0 Å². The molecular formula is C17H15FN2. The van der Waals surface area contributed by atoms with Gasteiger partial charge in [-0.2, -0.15) is 0 Å². The molecule has 0 spiro atoms. The molecular weight excluding hydrogens is 251 g/mol. The highest BCUT2D eigenvalue weighted by Gasteiger charge is 2.01. The third kappa shape index (κ3) is 2.62. The molecule has 20 heavy (non-hydrogen) atoms. The maximum absolute atomic E-state index is 13.1. The van der Waals surface area contributed by atoms with Crippen LogP contribution in [0.5, 0.6) is 0 Å². The van der Waals surface area contributed by atoms with Gasteiger partial charge in [-0.25, -0.2) is 4.39 Å². The van der Waals surface area contributed by atoms with Gasteiger partial charge in [0.15, 0.2) is 0 Å². The van der Waals surface area contributed by atoms with E-state index in [4.69, 9.17) is 0 Å². The van der Waals surface area contributed by atoms with Gasteiger partial charge >= 0.3 is 0 Å². The van der Waals surface area contributed by atoms with Crippen LogP contribution in [-0.4, -0.2) is 4.98 Å². The summed E-state index contributed by atoms with van der Waals surface area (Å²) in [6, 6.07) is 14.9. The molecule has 3 aromatic rings. The number of hydrogen-bond donors (Lipinski definition) is 1. The zero-order valence-electron chi connectivity index (χ0n) is 11.2. The maximum Gasteiger partial charge on any atom is 0.123 e. The molecule has 0 amide bonds. The number of hydrogen-bond acceptors (Lipinski definition) is 2. The predicted molar refractivity (Wildman–Crippen MR) is 80.2 cm³/mol. The number of fused-ring (bicyclic) bond motifs is 1. The van der Waals surface area contributed by atoms with Gasteiger partial charge in [0.1, 0.15) is 5.82 Å². The van der Waals surface area contributed by atoms with E-state index in [2.05, 4.69) is 16.4 Å². The van der Waals surface area contributed by atoms with E-state index < -0.39 is 0 Å². The number of nitrogens with one attached hydrogen (secondary N) is 1. The molecule has 100 valence electrons. The van der Waals surface area contributed by atoms with E-state index in [1.807, 2.05) is 43.5 Å². The van der Waals surface area contributed by atoms with E-state index in [0.717, 1.165) is 27.7 Å². The van der Waals surface area contributed by atoms with Gasteiger partial charge in [-0.1, -0.05) is 24.3 Å². The molecule has 0 fully saturated rings. The van der Waals surface area contributed by atoms with Crippen molar-refractivity contribution in [3.05, 3.63) is 71.7 Å². The van der Waals surface area contributed by atoms with Crippen LogP contribution in [-0.2, 0) is 6.54 Å². The lowest BCUT2D eigenvalue weighted by molar-refractivity contribution is 0.625. The van der Waals surface area contributed by atoms with Crippen LogP contribution in [0.3, 0.4) is 0 Å². The van der Waals surface area contributed by atoms with Crippen molar-refractivity contribution >= 4 is 16.6 Å². The quantitative estimate of drug-likeness (QED) is 0.764. The first-order chi connectivity index (χ1) is 9.72. The van der Waals surface area contributed by atoms with Crippen molar-refractivity contribution in [3.8, 4) is 0 Å². The Bertz CT molecular complexity index is 753. The number of anilines is 1. The Kier molecular flexibility index (Phi) is 3.33. The zero-order chi connectivity index (χ0) is 13.9. The Hall–Kier alpha value is -2.42. The molecule has 0 radical (unpaired) electrons. The van der Waals surface area contributed by atoms with Crippen molar-refractivity contribution in [1.82, 2.24) is 4.98 Å². The van der Waals surface area contributed by atoms with Gasteiger partial charge in [0.2, 0.25) is 0 Å². The van der Waals surface area contributed by atoms with Gasteiger partial charge < -0.3 is 5.32 Å². The fourth-order valence-corrected chi connectivity index (χ4v) is 2.22. The van der Waals surface area contributed by atoms with Crippen molar-refractivity contribution in [2.45, 2.75) is 13.5 Å². The lowest BCUT2D eigenvalue weighted by Crippen LogP contribution is -2.02. The van der Waals surface area contributed by atoms with Crippen LogP contribution in [0.1, 0.15) is 11.1 Å². The van der Waals surface area contributed by atoms with Crippen LogP contribution in [0, 0.1) is 12.7 Å². The number of para-hydroxylation sites is 1. The summed E-state index contributed by atoms with van der Waals surface area (Å²) in [6.07, 6.45) is 1.82. The van der Waals surface area contributed by atoms with Crippen LogP contribution in [0.15, 0.2) is 54.7 Å². The van der Waals surface area contributed by atoms with E-state index in [0.29, 0.717) is 6.54 Å². The molecule has 0 saturated heterocycles. The second kappa shape index (κ2) is 5.29. The normalized spacial score (nSPS) is 10.7. The van der Waals surface area contributed by atoms with Gasteiger partial charge in [0.25, 0.3) is 0 Å². The van der Waals surface area contributed by atoms with Crippen molar-refractivity contribution < 1.29 is 4.39 Å². The van der Waals surface area contributed by atoms with E-state index >= 15 is 0 Å². The van der Waals surface area contributed by atoms with Crippen molar-refractivity contribution in [2.24, 2.45) is 0 Å². The molecule has 1 aromatic heterocycles. The fourth-order valence-electron chi connectivity index (χ4n) is 2.22. The summed E-state index contributed by atoms with van der Waals surface area (Å²) in [6.45, 7) is 2.57. The first-order valence-electron chi connectivity index (χ1n) is 6.56.